The van der Waals surface area contributed by atoms with Crippen LogP contribution in [-0.2, 0) is 4.79 Å². The predicted octanol–water partition coefficient (Wildman–Crippen LogP) is 0.753. The second kappa shape index (κ2) is 4.67. The molecule has 2 aliphatic heterocycles. The van der Waals surface area contributed by atoms with Gasteiger partial charge in [0.25, 0.3) is 5.91 Å². The fourth-order valence-electron chi connectivity index (χ4n) is 2.68. The highest BCUT2D eigenvalue weighted by Gasteiger charge is 2.35. The van der Waals surface area contributed by atoms with Crippen molar-refractivity contribution in [3.63, 3.8) is 0 Å². The summed E-state index contributed by atoms with van der Waals surface area (Å²) in [6.07, 6.45) is 4.70. The third-order valence-corrected chi connectivity index (χ3v) is 3.35. The lowest BCUT2D eigenvalue weighted by Gasteiger charge is -2.27. The van der Waals surface area contributed by atoms with Crippen LogP contribution in [0.25, 0.3) is 0 Å². The van der Waals surface area contributed by atoms with Gasteiger partial charge in [-0.3, -0.25) is 4.79 Å². The largest absolute Gasteiger partial charge is 0.327 e. The Labute approximate surface area is 91.2 Å². The lowest BCUT2D eigenvalue weighted by atomic mass is 10.0. The van der Waals surface area contributed by atoms with E-state index in [9.17, 15) is 4.79 Å². The highest BCUT2D eigenvalue weighted by molar-refractivity contribution is 5.93. The first kappa shape index (κ1) is 10.5. The summed E-state index contributed by atoms with van der Waals surface area (Å²) in [5.41, 5.74) is 0. The highest BCUT2D eigenvalue weighted by Crippen LogP contribution is 2.24. The third kappa shape index (κ3) is 2.15. The van der Waals surface area contributed by atoms with Crippen molar-refractivity contribution in [3.05, 3.63) is 0 Å². The summed E-state index contributed by atoms with van der Waals surface area (Å²) in [5, 5.41) is 3.48. The molecule has 82 valence electrons. The fourth-order valence-corrected chi connectivity index (χ4v) is 2.68. The molecule has 2 aliphatic rings. The van der Waals surface area contributed by atoms with Crippen LogP contribution in [-0.4, -0.2) is 36.0 Å². The summed E-state index contributed by atoms with van der Waals surface area (Å²) in [6, 6.07) is 0.899. The molecule has 0 aromatic rings. The minimum absolute atomic E-state index is 0.00806. The average Bonchev–Trinajstić information content (AvgIpc) is 2.88. The highest BCUT2D eigenvalue weighted by atomic mass is 16.2. The zero-order valence-corrected chi connectivity index (χ0v) is 9.25. The van der Waals surface area contributed by atoms with Gasteiger partial charge in [-0.15, -0.1) is 0 Å². The molecule has 2 rings (SSSR count). The van der Waals surface area contributed by atoms with Crippen molar-refractivity contribution in [1.29, 1.82) is 0 Å². The molecular weight excluding hydrogens is 188 g/mol. The van der Waals surface area contributed by atoms with Crippen molar-refractivity contribution in [2.75, 3.05) is 13.1 Å². The maximum atomic E-state index is 11.7. The number of amides is 1. The molecule has 2 saturated heterocycles. The summed E-state index contributed by atoms with van der Waals surface area (Å²) in [6.45, 7) is 3.70. The topological polar surface area (TPSA) is 32.3 Å². The van der Waals surface area contributed by atoms with Crippen LogP contribution in [0, 0.1) is 11.8 Å². The first-order chi connectivity index (χ1) is 7.33. The molecule has 3 nitrogen and oxygen atoms in total. The van der Waals surface area contributed by atoms with Gasteiger partial charge in [0.2, 0.25) is 0 Å². The lowest BCUT2D eigenvalue weighted by Crippen LogP contribution is -2.46. The fraction of sp³-hybridized carbons (Fsp3) is 0.750. The van der Waals surface area contributed by atoms with Crippen LogP contribution in [0.4, 0.5) is 0 Å². The van der Waals surface area contributed by atoms with Crippen LogP contribution >= 0.6 is 0 Å². The molecule has 2 heterocycles. The normalized spacial score (nSPS) is 30.1. The Morgan fingerprint density at radius 1 is 1.40 bits per heavy atom. The lowest BCUT2D eigenvalue weighted by molar-refractivity contribution is -0.126. The monoisotopic (exact) mass is 206 g/mol. The molecule has 0 aromatic carbocycles. The molecule has 0 saturated carbocycles. The smallest absolute Gasteiger partial charge is 0.298 e. The van der Waals surface area contributed by atoms with E-state index in [-0.39, 0.29) is 5.91 Å². The van der Waals surface area contributed by atoms with Gasteiger partial charge in [-0.05, 0) is 45.1 Å². The van der Waals surface area contributed by atoms with E-state index in [1.165, 1.54) is 12.8 Å². The van der Waals surface area contributed by atoms with Crippen molar-refractivity contribution in [2.24, 2.45) is 0 Å². The van der Waals surface area contributed by atoms with Gasteiger partial charge >= 0.3 is 0 Å². The number of nitrogens with zero attached hydrogens (tertiary/aromatic N) is 1. The third-order valence-electron chi connectivity index (χ3n) is 3.35. The van der Waals surface area contributed by atoms with E-state index in [0.29, 0.717) is 12.1 Å². The Morgan fingerprint density at radius 2 is 2.27 bits per heavy atom. The summed E-state index contributed by atoms with van der Waals surface area (Å²) >= 11 is 0. The van der Waals surface area contributed by atoms with Crippen molar-refractivity contribution in [3.8, 4) is 11.8 Å². The molecule has 15 heavy (non-hydrogen) atoms. The molecule has 1 N–H and O–H groups in total. The van der Waals surface area contributed by atoms with Gasteiger partial charge in [-0.25, -0.2) is 0 Å². The second-order valence-electron chi connectivity index (χ2n) is 4.29. The molecule has 0 bridgehead atoms. The van der Waals surface area contributed by atoms with Crippen molar-refractivity contribution >= 4 is 5.91 Å². The van der Waals surface area contributed by atoms with Gasteiger partial charge in [0.15, 0.2) is 0 Å². The zero-order chi connectivity index (χ0) is 10.7. The minimum Gasteiger partial charge on any atom is -0.327 e. The second-order valence-corrected chi connectivity index (χ2v) is 4.29. The maximum Gasteiger partial charge on any atom is 0.298 e. The van der Waals surface area contributed by atoms with Crippen LogP contribution in [0.5, 0.6) is 0 Å². The van der Waals surface area contributed by atoms with E-state index >= 15 is 0 Å². The van der Waals surface area contributed by atoms with Crippen LogP contribution < -0.4 is 5.32 Å². The van der Waals surface area contributed by atoms with Crippen LogP contribution in [0.3, 0.4) is 0 Å². The SMILES string of the molecule is CC#CC(=O)N1CCCC1C1CCCN1. The summed E-state index contributed by atoms with van der Waals surface area (Å²) in [5.74, 6) is 5.35. The molecule has 2 unspecified atom stereocenters. The molecule has 0 radical (unpaired) electrons. The summed E-state index contributed by atoms with van der Waals surface area (Å²) in [7, 11) is 0. The Hall–Kier alpha value is -1.01. The maximum absolute atomic E-state index is 11.7. The molecule has 3 heteroatoms. The van der Waals surface area contributed by atoms with Crippen LogP contribution in [0.2, 0.25) is 0 Å². The first-order valence-electron chi connectivity index (χ1n) is 5.79. The minimum atomic E-state index is 0.00806. The summed E-state index contributed by atoms with van der Waals surface area (Å²) < 4.78 is 0. The van der Waals surface area contributed by atoms with Crippen LogP contribution in [0.15, 0.2) is 0 Å². The number of carbonyl (C=O) groups excluding carboxylic acids is 1. The van der Waals surface area contributed by atoms with Crippen LogP contribution in [0.1, 0.15) is 32.6 Å². The Bertz CT molecular complexity index is 296. The molecular formula is C12H18N2O. The average molecular weight is 206 g/mol. The van der Waals surface area contributed by atoms with Gasteiger partial charge in [-0.2, -0.15) is 0 Å². The van der Waals surface area contributed by atoms with Gasteiger partial charge in [0.05, 0.1) is 0 Å². The van der Waals surface area contributed by atoms with Gasteiger partial charge in [0.1, 0.15) is 0 Å². The summed E-state index contributed by atoms with van der Waals surface area (Å²) in [4.78, 5) is 13.7. The number of nitrogens with one attached hydrogen (secondary N) is 1. The quantitative estimate of drug-likeness (QED) is 0.642. The standard InChI is InChI=1S/C12H18N2O/c1-2-5-12(15)14-9-4-7-11(14)10-6-3-8-13-10/h10-11,13H,3-4,6-9H2,1H3. The Kier molecular flexibility index (Phi) is 3.27. The Morgan fingerprint density at radius 3 is 2.93 bits per heavy atom. The Balaban J connectivity index is 2.02. The number of rotatable bonds is 1. The van der Waals surface area contributed by atoms with E-state index in [4.69, 9.17) is 0 Å². The molecule has 0 aromatic heterocycles. The number of carbonyl (C=O) groups is 1. The van der Waals surface area contributed by atoms with Gasteiger partial charge in [0, 0.05) is 18.6 Å². The van der Waals surface area contributed by atoms with E-state index < -0.39 is 0 Å². The number of hydrogen-bond donors (Lipinski definition) is 1. The number of likely N-dealkylation sites (tertiary alicyclic amines) is 1. The van der Waals surface area contributed by atoms with Gasteiger partial charge in [-0.1, -0.05) is 5.92 Å². The van der Waals surface area contributed by atoms with Crippen molar-refractivity contribution in [2.45, 2.75) is 44.7 Å². The van der Waals surface area contributed by atoms with E-state index in [1.54, 1.807) is 6.92 Å². The molecule has 1 amide bonds. The van der Waals surface area contributed by atoms with E-state index in [2.05, 4.69) is 17.2 Å². The zero-order valence-electron chi connectivity index (χ0n) is 9.25. The van der Waals surface area contributed by atoms with E-state index in [1.807, 2.05) is 4.90 Å². The molecule has 2 fully saturated rings. The molecule has 2 atom stereocenters. The number of hydrogen-bond acceptors (Lipinski definition) is 2. The first-order valence-corrected chi connectivity index (χ1v) is 5.79. The van der Waals surface area contributed by atoms with Crippen molar-refractivity contribution < 1.29 is 4.79 Å². The van der Waals surface area contributed by atoms with E-state index in [0.717, 1.165) is 25.9 Å². The molecule has 0 aliphatic carbocycles. The molecule has 0 spiro atoms. The predicted molar refractivity (Wildman–Crippen MR) is 59.2 cm³/mol. The van der Waals surface area contributed by atoms with Gasteiger partial charge < -0.3 is 10.2 Å². The van der Waals surface area contributed by atoms with Crippen molar-refractivity contribution in [1.82, 2.24) is 10.2 Å².